The maximum Gasteiger partial charge on any atom is 0.164 e. The van der Waals surface area contributed by atoms with Crippen molar-refractivity contribution in [3.63, 3.8) is 0 Å². The molecule has 4 heteroatoms. The molecule has 0 unspecified atom stereocenters. The SMILES string of the molecule is c1ccc(-c2cccc(-c3nc(-c4ccc5sc6cc7ccccc7cc6c5c4)nc(-c4ccccc4-c4ccccc4)n3)c2)cc1. The first kappa shape index (κ1) is 27.3. The number of aromatic nitrogens is 3. The molecule has 220 valence electrons. The zero-order chi connectivity index (χ0) is 31.2. The van der Waals surface area contributed by atoms with E-state index in [1.54, 1.807) is 0 Å². The molecule has 0 aliphatic carbocycles. The van der Waals surface area contributed by atoms with Crippen molar-refractivity contribution in [2.24, 2.45) is 0 Å². The molecule has 3 nitrogen and oxygen atoms in total. The zero-order valence-electron chi connectivity index (χ0n) is 25.3. The van der Waals surface area contributed by atoms with Crippen molar-refractivity contribution in [3.8, 4) is 56.4 Å². The molecular weight excluding hydrogens is 591 g/mol. The van der Waals surface area contributed by atoms with Gasteiger partial charge in [0.1, 0.15) is 0 Å². The van der Waals surface area contributed by atoms with E-state index in [1.165, 1.54) is 30.9 Å². The number of thiophene rings is 1. The first-order valence-electron chi connectivity index (χ1n) is 15.7. The number of hydrogen-bond donors (Lipinski definition) is 0. The summed E-state index contributed by atoms with van der Waals surface area (Å²) in [5.41, 5.74) is 7.36. The van der Waals surface area contributed by atoms with Crippen molar-refractivity contribution in [2.45, 2.75) is 0 Å². The second-order valence-electron chi connectivity index (χ2n) is 11.7. The lowest BCUT2D eigenvalue weighted by molar-refractivity contribution is 1.07. The fourth-order valence-electron chi connectivity index (χ4n) is 6.37. The monoisotopic (exact) mass is 617 g/mol. The predicted molar refractivity (Wildman–Crippen MR) is 197 cm³/mol. The highest BCUT2D eigenvalue weighted by Gasteiger charge is 2.17. The smallest absolute Gasteiger partial charge is 0.164 e. The van der Waals surface area contributed by atoms with Gasteiger partial charge in [-0.05, 0) is 69.4 Å². The van der Waals surface area contributed by atoms with E-state index in [-0.39, 0.29) is 0 Å². The molecule has 2 aromatic heterocycles. The molecule has 0 aliphatic heterocycles. The van der Waals surface area contributed by atoms with E-state index in [2.05, 4.69) is 152 Å². The van der Waals surface area contributed by atoms with Crippen LogP contribution < -0.4 is 0 Å². The van der Waals surface area contributed by atoms with Gasteiger partial charge in [-0.15, -0.1) is 11.3 Å². The quantitative estimate of drug-likeness (QED) is 0.193. The Kier molecular flexibility index (Phi) is 6.65. The van der Waals surface area contributed by atoms with Gasteiger partial charge in [-0.1, -0.05) is 127 Å². The molecule has 0 radical (unpaired) electrons. The molecule has 0 fully saturated rings. The molecule has 0 aliphatic rings. The van der Waals surface area contributed by atoms with E-state index in [4.69, 9.17) is 15.0 Å². The average Bonchev–Trinajstić information content (AvgIpc) is 3.51. The van der Waals surface area contributed by atoms with Gasteiger partial charge in [0.25, 0.3) is 0 Å². The molecule has 2 heterocycles. The minimum Gasteiger partial charge on any atom is -0.208 e. The van der Waals surface area contributed by atoms with E-state index < -0.39 is 0 Å². The lowest BCUT2D eigenvalue weighted by Gasteiger charge is -2.12. The normalized spacial score (nSPS) is 11.4. The third kappa shape index (κ3) is 5.05. The number of nitrogens with zero attached hydrogens (tertiary/aromatic N) is 3. The minimum atomic E-state index is 0.645. The number of benzene rings is 7. The summed E-state index contributed by atoms with van der Waals surface area (Å²) in [7, 11) is 0. The molecule has 0 amide bonds. The molecule has 0 saturated heterocycles. The van der Waals surface area contributed by atoms with Crippen LogP contribution in [0.25, 0.3) is 87.4 Å². The summed E-state index contributed by atoms with van der Waals surface area (Å²) in [6.45, 7) is 0. The predicted octanol–water partition coefficient (Wildman–Crippen LogP) is 11.7. The molecule has 0 spiro atoms. The molecule has 0 N–H and O–H groups in total. The van der Waals surface area contributed by atoms with Crippen LogP contribution in [0.15, 0.2) is 164 Å². The Morgan fingerprint density at radius 2 is 0.872 bits per heavy atom. The van der Waals surface area contributed by atoms with E-state index in [0.717, 1.165) is 38.9 Å². The van der Waals surface area contributed by atoms with Gasteiger partial charge in [-0.2, -0.15) is 0 Å². The second kappa shape index (κ2) is 11.4. The van der Waals surface area contributed by atoms with E-state index >= 15 is 0 Å². The van der Waals surface area contributed by atoms with Crippen molar-refractivity contribution in [2.75, 3.05) is 0 Å². The van der Waals surface area contributed by atoms with Crippen molar-refractivity contribution in [1.82, 2.24) is 15.0 Å². The van der Waals surface area contributed by atoms with Crippen molar-refractivity contribution >= 4 is 42.3 Å². The minimum absolute atomic E-state index is 0.645. The Morgan fingerprint density at radius 3 is 1.64 bits per heavy atom. The van der Waals surface area contributed by atoms with Gasteiger partial charge in [0, 0.05) is 36.9 Å². The van der Waals surface area contributed by atoms with E-state index in [0.29, 0.717) is 17.5 Å². The largest absolute Gasteiger partial charge is 0.208 e. The fourth-order valence-corrected chi connectivity index (χ4v) is 7.49. The summed E-state index contributed by atoms with van der Waals surface area (Å²) < 4.78 is 2.53. The summed E-state index contributed by atoms with van der Waals surface area (Å²) in [6, 6.07) is 57.4. The van der Waals surface area contributed by atoms with Crippen LogP contribution in [-0.2, 0) is 0 Å². The lowest BCUT2D eigenvalue weighted by Crippen LogP contribution is -2.01. The van der Waals surface area contributed by atoms with E-state index in [1.807, 2.05) is 23.5 Å². The molecule has 9 aromatic rings. The molecule has 9 rings (SSSR count). The van der Waals surface area contributed by atoms with Crippen LogP contribution >= 0.6 is 11.3 Å². The van der Waals surface area contributed by atoms with Gasteiger partial charge in [0.05, 0.1) is 0 Å². The van der Waals surface area contributed by atoms with Crippen LogP contribution in [0.3, 0.4) is 0 Å². The highest BCUT2D eigenvalue weighted by molar-refractivity contribution is 7.25. The Bertz CT molecular complexity index is 2570. The van der Waals surface area contributed by atoms with E-state index in [9.17, 15) is 0 Å². The Hall–Kier alpha value is -5.97. The Morgan fingerprint density at radius 1 is 0.319 bits per heavy atom. The highest BCUT2D eigenvalue weighted by atomic mass is 32.1. The van der Waals surface area contributed by atoms with Crippen LogP contribution in [0, 0.1) is 0 Å². The summed E-state index contributed by atoms with van der Waals surface area (Å²) in [5, 5.41) is 4.97. The molecule has 0 saturated carbocycles. The van der Waals surface area contributed by atoms with Gasteiger partial charge in [-0.25, -0.2) is 15.0 Å². The van der Waals surface area contributed by atoms with Crippen molar-refractivity contribution < 1.29 is 0 Å². The molecule has 7 aromatic carbocycles. The third-order valence-corrected chi connectivity index (χ3v) is 9.85. The lowest BCUT2D eigenvalue weighted by atomic mass is 9.99. The molecule has 0 atom stereocenters. The summed E-state index contributed by atoms with van der Waals surface area (Å²) >= 11 is 1.83. The maximum absolute atomic E-state index is 5.17. The van der Waals surface area contributed by atoms with Crippen LogP contribution in [0.2, 0.25) is 0 Å². The summed E-state index contributed by atoms with van der Waals surface area (Å²) in [5.74, 6) is 1.95. The van der Waals surface area contributed by atoms with Gasteiger partial charge in [0.15, 0.2) is 17.5 Å². The first-order valence-corrected chi connectivity index (χ1v) is 16.5. The molecule has 0 bridgehead atoms. The van der Waals surface area contributed by atoms with Crippen molar-refractivity contribution in [1.29, 1.82) is 0 Å². The van der Waals surface area contributed by atoms with Crippen LogP contribution in [0.1, 0.15) is 0 Å². The zero-order valence-corrected chi connectivity index (χ0v) is 26.2. The number of fused-ring (bicyclic) bond motifs is 4. The maximum atomic E-state index is 5.17. The highest BCUT2D eigenvalue weighted by Crippen LogP contribution is 2.39. The number of rotatable bonds is 5. The Labute approximate surface area is 276 Å². The van der Waals surface area contributed by atoms with Gasteiger partial charge in [-0.3, -0.25) is 0 Å². The number of hydrogen-bond acceptors (Lipinski definition) is 4. The topological polar surface area (TPSA) is 38.7 Å². The standard InChI is InChI=1S/C43H27N3S/c1-3-12-28(13-4-1)30-18-11-19-33(24-30)41-44-42(46-43(45-41)36-21-10-9-20-35(36)29-14-5-2-6-15-29)34-22-23-39-37(26-34)38-25-31-16-7-8-17-32(31)27-40(38)47-39/h1-27H. The average molecular weight is 618 g/mol. The van der Waals surface area contributed by atoms with Crippen LogP contribution in [0.4, 0.5) is 0 Å². The fraction of sp³-hybridized carbons (Fsp3) is 0. The molecule has 47 heavy (non-hydrogen) atoms. The van der Waals surface area contributed by atoms with Crippen LogP contribution in [-0.4, -0.2) is 15.0 Å². The summed E-state index contributed by atoms with van der Waals surface area (Å²) in [6.07, 6.45) is 0. The van der Waals surface area contributed by atoms with Gasteiger partial charge in [0.2, 0.25) is 0 Å². The Balaban J connectivity index is 1.26. The van der Waals surface area contributed by atoms with Crippen LogP contribution in [0.5, 0.6) is 0 Å². The van der Waals surface area contributed by atoms with Crippen molar-refractivity contribution in [3.05, 3.63) is 164 Å². The summed E-state index contributed by atoms with van der Waals surface area (Å²) in [4.78, 5) is 15.4. The third-order valence-electron chi connectivity index (χ3n) is 8.71. The second-order valence-corrected chi connectivity index (χ2v) is 12.8. The first-order chi connectivity index (χ1) is 23.3. The van der Waals surface area contributed by atoms with Gasteiger partial charge < -0.3 is 0 Å². The molecular formula is C43H27N3S. The van der Waals surface area contributed by atoms with Gasteiger partial charge >= 0.3 is 0 Å².